The fraction of sp³-hybridized carbons (Fsp3) is 0. The minimum Gasteiger partial charge on any atom is -0.478 e. The van der Waals surface area contributed by atoms with Crippen LogP contribution in [-0.4, -0.2) is 21.0 Å². The van der Waals surface area contributed by atoms with Gasteiger partial charge in [-0.05, 0) is 47.5 Å². The molecule has 0 aliphatic heterocycles. The van der Waals surface area contributed by atoms with E-state index < -0.39 is 5.97 Å². The van der Waals surface area contributed by atoms with Crippen LogP contribution >= 0.6 is 0 Å². The Bertz CT molecular complexity index is 786. The van der Waals surface area contributed by atoms with E-state index in [1.807, 2.05) is 30.3 Å². The van der Waals surface area contributed by atoms with Crippen molar-refractivity contribution >= 4 is 5.97 Å². The summed E-state index contributed by atoms with van der Waals surface area (Å²) in [5, 5.41) is 9.06. The average molecular weight is 276 g/mol. The van der Waals surface area contributed by atoms with Gasteiger partial charge in [0.15, 0.2) is 0 Å². The summed E-state index contributed by atoms with van der Waals surface area (Å²) in [7, 11) is 0. The smallest absolute Gasteiger partial charge is 0.335 e. The lowest BCUT2D eigenvalue weighted by atomic mass is 10.0. The third-order valence-electron chi connectivity index (χ3n) is 3.18. The molecule has 4 nitrogen and oxygen atoms in total. The molecular formula is C17H12N2O2. The zero-order valence-electron chi connectivity index (χ0n) is 11.1. The molecule has 0 aliphatic rings. The van der Waals surface area contributed by atoms with E-state index in [0.29, 0.717) is 0 Å². The number of nitrogens with zero attached hydrogens (tertiary/aromatic N) is 2. The summed E-state index contributed by atoms with van der Waals surface area (Å²) in [5.74, 6) is -0.942. The van der Waals surface area contributed by atoms with Crippen LogP contribution in [0.15, 0.2) is 67.1 Å². The van der Waals surface area contributed by atoms with Gasteiger partial charge in [0.25, 0.3) is 0 Å². The van der Waals surface area contributed by atoms with E-state index in [1.54, 1.807) is 36.8 Å². The first-order valence-corrected chi connectivity index (χ1v) is 6.44. The minimum atomic E-state index is -0.942. The van der Waals surface area contributed by atoms with E-state index in [-0.39, 0.29) is 5.56 Å². The number of hydrogen-bond acceptors (Lipinski definition) is 3. The van der Waals surface area contributed by atoms with Crippen LogP contribution in [0.2, 0.25) is 0 Å². The molecule has 2 aromatic heterocycles. The second kappa shape index (κ2) is 5.54. The first-order chi connectivity index (χ1) is 10.2. The van der Waals surface area contributed by atoms with Crippen molar-refractivity contribution < 1.29 is 9.90 Å². The maximum absolute atomic E-state index is 11.0. The van der Waals surface area contributed by atoms with Gasteiger partial charge in [-0.3, -0.25) is 9.97 Å². The van der Waals surface area contributed by atoms with Crippen molar-refractivity contribution in [1.82, 2.24) is 9.97 Å². The highest BCUT2D eigenvalue weighted by molar-refractivity contribution is 5.89. The van der Waals surface area contributed by atoms with Crippen molar-refractivity contribution in [3.8, 4) is 22.4 Å². The molecule has 0 aliphatic carbocycles. The van der Waals surface area contributed by atoms with Crippen LogP contribution in [0.25, 0.3) is 22.4 Å². The quantitative estimate of drug-likeness (QED) is 0.795. The van der Waals surface area contributed by atoms with E-state index >= 15 is 0 Å². The lowest BCUT2D eigenvalue weighted by molar-refractivity contribution is 0.0697. The zero-order valence-corrected chi connectivity index (χ0v) is 11.1. The molecule has 1 aromatic carbocycles. The standard InChI is InChI=1S/C17H12N2O2/c20-17(21)15-3-1-2-14(10-15)16-11-13(6-9-19-16)12-4-7-18-8-5-12/h1-11H,(H,20,21). The predicted octanol–water partition coefficient (Wildman–Crippen LogP) is 3.51. The van der Waals surface area contributed by atoms with Crippen LogP contribution in [0.1, 0.15) is 10.4 Å². The average Bonchev–Trinajstić information content (AvgIpc) is 2.56. The van der Waals surface area contributed by atoms with Gasteiger partial charge in [-0.25, -0.2) is 4.79 Å². The lowest BCUT2D eigenvalue weighted by Crippen LogP contribution is -1.96. The summed E-state index contributed by atoms with van der Waals surface area (Å²) in [6.07, 6.45) is 5.19. The Kier molecular flexibility index (Phi) is 3.43. The highest BCUT2D eigenvalue weighted by atomic mass is 16.4. The van der Waals surface area contributed by atoms with Crippen LogP contribution in [0.4, 0.5) is 0 Å². The molecule has 0 fully saturated rings. The van der Waals surface area contributed by atoms with Gasteiger partial charge in [0.1, 0.15) is 0 Å². The van der Waals surface area contributed by atoms with Crippen molar-refractivity contribution in [3.63, 3.8) is 0 Å². The second-order valence-electron chi connectivity index (χ2n) is 4.55. The fourth-order valence-electron chi connectivity index (χ4n) is 2.12. The number of hydrogen-bond donors (Lipinski definition) is 1. The van der Waals surface area contributed by atoms with Gasteiger partial charge in [-0.2, -0.15) is 0 Å². The Morgan fingerprint density at radius 2 is 1.62 bits per heavy atom. The predicted molar refractivity (Wildman–Crippen MR) is 79.9 cm³/mol. The van der Waals surface area contributed by atoms with Gasteiger partial charge in [-0.15, -0.1) is 0 Å². The molecule has 0 spiro atoms. The van der Waals surface area contributed by atoms with Gasteiger partial charge in [0.2, 0.25) is 0 Å². The number of rotatable bonds is 3. The summed E-state index contributed by atoms with van der Waals surface area (Å²) in [6.45, 7) is 0. The second-order valence-corrected chi connectivity index (χ2v) is 4.55. The number of carbonyl (C=O) groups is 1. The van der Waals surface area contributed by atoms with Crippen LogP contribution in [0.3, 0.4) is 0 Å². The van der Waals surface area contributed by atoms with E-state index in [4.69, 9.17) is 5.11 Å². The van der Waals surface area contributed by atoms with Crippen LogP contribution < -0.4 is 0 Å². The molecule has 0 saturated heterocycles. The Balaban J connectivity index is 2.04. The highest BCUT2D eigenvalue weighted by Gasteiger charge is 2.07. The number of carboxylic acid groups (broad SMARTS) is 1. The summed E-state index contributed by atoms with van der Waals surface area (Å²) in [6, 6.07) is 14.5. The maximum atomic E-state index is 11.0. The third kappa shape index (κ3) is 2.79. The number of benzene rings is 1. The molecule has 0 unspecified atom stereocenters. The van der Waals surface area contributed by atoms with E-state index in [9.17, 15) is 4.79 Å². The molecule has 0 bridgehead atoms. The first kappa shape index (κ1) is 13.0. The Morgan fingerprint density at radius 1 is 0.857 bits per heavy atom. The number of pyridine rings is 2. The highest BCUT2D eigenvalue weighted by Crippen LogP contribution is 2.24. The molecule has 21 heavy (non-hydrogen) atoms. The molecule has 3 rings (SSSR count). The normalized spacial score (nSPS) is 10.3. The van der Waals surface area contributed by atoms with Gasteiger partial charge >= 0.3 is 5.97 Å². The fourth-order valence-corrected chi connectivity index (χ4v) is 2.12. The topological polar surface area (TPSA) is 63.1 Å². The van der Waals surface area contributed by atoms with Gasteiger partial charge in [0.05, 0.1) is 11.3 Å². The number of aromatic carboxylic acids is 1. The van der Waals surface area contributed by atoms with Gasteiger partial charge in [-0.1, -0.05) is 12.1 Å². The molecule has 0 radical (unpaired) electrons. The van der Waals surface area contributed by atoms with Crippen molar-refractivity contribution in [2.45, 2.75) is 0 Å². The first-order valence-electron chi connectivity index (χ1n) is 6.44. The van der Waals surface area contributed by atoms with E-state index in [1.165, 1.54) is 0 Å². The van der Waals surface area contributed by atoms with Crippen molar-refractivity contribution in [2.24, 2.45) is 0 Å². The SMILES string of the molecule is O=C(O)c1cccc(-c2cc(-c3ccncc3)ccn2)c1. The molecule has 4 heteroatoms. The van der Waals surface area contributed by atoms with Crippen LogP contribution in [0, 0.1) is 0 Å². The number of aromatic nitrogens is 2. The molecule has 2 heterocycles. The molecule has 1 N–H and O–H groups in total. The Labute approximate surface area is 121 Å². The van der Waals surface area contributed by atoms with E-state index in [0.717, 1.165) is 22.4 Å². The molecule has 3 aromatic rings. The summed E-state index contributed by atoms with van der Waals surface area (Å²) < 4.78 is 0. The number of carboxylic acids is 1. The maximum Gasteiger partial charge on any atom is 0.335 e. The van der Waals surface area contributed by atoms with E-state index in [2.05, 4.69) is 9.97 Å². The molecular weight excluding hydrogens is 264 g/mol. The summed E-state index contributed by atoms with van der Waals surface area (Å²) in [4.78, 5) is 19.4. The molecule has 0 saturated carbocycles. The molecule has 102 valence electrons. The largest absolute Gasteiger partial charge is 0.478 e. The molecule has 0 amide bonds. The lowest BCUT2D eigenvalue weighted by Gasteiger charge is -2.05. The van der Waals surface area contributed by atoms with Crippen LogP contribution in [0.5, 0.6) is 0 Å². The van der Waals surface area contributed by atoms with Gasteiger partial charge in [0, 0.05) is 24.2 Å². The Morgan fingerprint density at radius 3 is 2.38 bits per heavy atom. The molecule has 0 atom stereocenters. The van der Waals surface area contributed by atoms with Crippen LogP contribution in [-0.2, 0) is 0 Å². The van der Waals surface area contributed by atoms with Gasteiger partial charge < -0.3 is 5.11 Å². The zero-order chi connectivity index (χ0) is 14.7. The Hall–Kier alpha value is -3.01. The third-order valence-corrected chi connectivity index (χ3v) is 3.18. The van der Waals surface area contributed by atoms with Crippen molar-refractivity contribution in [1.29, 1.82) is 0 Å². The minimum absolute atomic E-state index is 0.253. The van der Waals surface area contributed by atoms with Crippen molar-refractivity contribution in [3.05, 3.63) is 72.7 Å². The monoisotopic (exact) mass is 276 g/mol. The summed E-state index contributed by atoms with van der Waals surface area (Å²) in [5.41, 5.74) is 3.84. The summed E-state index contributed by atoms with van der Waals surface area (Å²) >= 11 is 0. The van der Waals surface area contributed by atoms with Crippen molar-refractivity contribution in [2.75, 3.05) is 0 Å².